The van der Waals surface area contributed by atoms with Crippen LogP contribution in [0.2, 0.25) is 18.1 Å². The summed E-state index contributed by atoms with van der Waals surface area (Å²) in [5.74, 6) is 0. The molecular formula is C17H33Cl2NSiTi. The van der Waals surface area contributed by atoms with Crippen LogP contribution in [-0.2, 0) is 21.7 Å². The van der Waals surface area contributed by atoms with Crippen molar-refractivity contribution in [3.63, 3.8) is 0 Å². The Morgan fingerprint density at radius 1 is 1.09 bits per heavy atom. The van der Waals surface area contributed by atoms with Gasteiger partial charge in [-0.1, -0.05) is 37.2 Å². The van der Waals surface area contributed by atoms with Crippen LogP contribution in [0.1, 0.15) is 60.3 Å². The van der Waals surface area contributed by atoms with Crippen molar-refractivity contribution in [2.75, 3.05) is 0 Å². The number of hydrogen-bond acceptors (Lipinski definition) is 1. The molecule has 2 aliphatic rings. The van der Waals surface area contributed by atoms with E-state index in [1.165, 1.54) is 25.7 Å². The van der Waals surface area contributed by atoms with Crippen LogP contribution in [0.5, 0.6) is 0 Å². The van der Waals surface area contributed by atoms with Gasteiger partial charge in [0.15, 0.2) is 0 Å². The van der Waals surface area contributed by atoms with E-state index in [-0.39, 0.29) is 52.1 Å². The van der Waals surface area contributed by atoms with Gasteiger partial charge in [-0.3, -0.25) is 0 Å². The van der Waals surface area contributed by atoms with E-state index in [0.717, 1.165) is 0 Å². The minimum atomic E-state index is -1.56. The van der Waals surface area contributed by atoms with E-state index in [4.69, 9.17) is 0 Å². The molecule has 128 valence electrons. The van der Waals surface area contributed by atoms with Crippen molar-refractivity contribution in [3.8, 4) is 0 Å². The maximum absolute atomic E-state index is 3.99. The second-order valence-electron chi connectivity index (χ2n) is 8.19. The fourth-order valence-corrected chi connectivity index (χ4v) is 7.89. The molecule has 0 aliphatic heterocycles. The van der Waals surface area contributed by atoms with Crippen LogP contribution in [0.25, 0.3) is 0 Å². The van der Waals surface area contributed by atoms with Crippen molar-refractivity contribution in [1.29, 1.82) is 0 Å². The third kappa shape index (κ3) is 4.74. The second-order valence-corrected chi connectivity index (χ2v) is 12.7. The average molecular weight is 398 g/mol. The maximum atomic E-state index is 3.99. The fourth-order valence-electron chi connectivity index (χ4n) is 4.15. The SMILES string of the molecule is CC1=CC(C)([Si](C)(C)NC(C)(C)C)C2=C1CCCC2.Cl.Cl.[Ti]. The van der Waals surface area contributed by atoms with Gasteiger partial charge >= 0.3 is 0 Å². The van der Waals surface area contributed by atoms with Crippen molar-refractivity contribution >= 4 is 33.0 Å². The smallest absolute Gasteiger partial charge is 0.133 e. The first-order chi connectivity index (χ1) is 8.57. The summed E-state index contributed by atoms with van der Waals surface area (Å²) in [6, 6.07) is 0. The Bertz CT molecular complexity index is 452. The van der Waals surface area contributed by atoms with Gasteiger partial charge in [-0.05, 0) is 59.0 Å². The molecule has 0 aromatic heterocycles. The zero-order valence-corrected chi connectivity index (χ0v) is 19.4. The molecule has 5 heteroatoms. The Balaban J connectivity index is 0. The summed E-state index contributed by atoms with van der Waals surface area (Å²) < 4.78 is 0. The summed E-state index contributed by atoms with van der Waals surface area (Å²) in [5.41, 5.74) is 5.24. The Hall–Kier alpha value is 0.951. The van der Waals surface area contributed by atoms with Gasteiger partial charge in [-0.2, -0.15) is 0 Å². The molecule has 0 amide bonds. The predicted octanol–water partition coefficient (Wildman–Crippen LogP) is 6.01. The molecular weight excluding hydrogens is 365 g/mol. The number of rotatable bonds is 2. The minimum absolute atomic E-state index is 0. The predicted molar refractivity (Wildman–Crippen MR) is 102 cm³/mol. The summed E-state index contributed by atoms with van der Waals surface area (Å²) in [4.78, 5) is 3.99. The van der Waals surface area contributed by atoms with Crippen molar-refractivity contribution in [2.24, 2.45) is 0 Å². The Labute approximate surface area is 166 Å². The maximum Gasteiger partial charge on any atom is 0.133 e. The van der Waals surface area contributed by atoms with E-state index >= 15 is 0 Å². The first kappa shape index (κ1) is 25.2. The number of nitrogens with one attached hydrogen (secondary N) is 1. The summed E-state index contributed by atoms with van der Waals surface area (Å²) in [7, 11) is -1.56. The van der Waals surface area contributed by atoms with Gasteiger partial charge in [0.05, 0.1) is 0 Å². The molecule has 2 aliphatic carbocycles. The Morgan fingerprint density at radius 3 is 2.09 bits per heavy atom. The molecule has 0 saturated heterocycles. The van der Waals surface area contributed by atoms with E-state index in [9.17, 15) is 0 Å². The Morgan fingerprint density at radius 2 is 1.59 bits per heavy atom. The van der Waals surface area contributed by atoms with Gasteiger partial charge in [0, 0.05) is 32.3 Å². The number of halogens is 2. The third-order valence-electron chi connectivity index (χ3n) is 5.06. The van der Waals surface area contributed by atoms with Gasteiger partial charge < -0.3 is 4.98 Å². The van der Waals surface area contributed by atoms with Crippen LogP contribution >= 0.6 is 24.8 Å². The van der Waals surface area contributed by atoms with Crippen molar-refractivity contribution in [3.05, 3.63) is 22.8 Å². The average Bonchev–Trinajstić information content (AvgIpc) is 2.50. The molecule has 0 spiro atoms. The van der Waals surface area contributed by atoms with Gasteiger partial charge in [0.1, 0.15) is 8.24 Å². The first-order valence-electron chi connectivity index (χ1n) is 7.78. The molecule has 0 radical (unpaired) electrons. The number of allylic oxidation sites excluding steroid dienone is 4. The summed E-state index contributed by atoms with van der Waals surface area (Å²) in [6.45, 7) is 16.7. The second kappa shape index (κ2) is 8.36. The molecule has 2 rings (SSSR count). The van der Waals surface area contributed by atoms with E-state index in [0.29, 0.717) is 5.04 Å². The monoisotopic (exact) mass is 397 g/mol. The van der Waals surface area contributed by atoms with Gasteiger partial charge in [0.2, 0.25) is 0 Å². The molecule has 1 atom stereocenters. The van der Waals surface area contributed by atoms with Gasteiger partial charge in [0.25, 0.3) is 0 Å². The first-order valence-corrected chi connectivity index (χ1v) is 10.8. The van der Waals surface area contributed by atoms with Crippen molar-refractivity contribution in [1.82, 2.24) is 4.98 Å². The van der Waals surface area contributed by atoms with Crippen molar-refractivity contribution < 1.29 is 21.7 Å². The quantitative estimate of drug-likeness (QED) is 0.562. The molecule has 0 heterocycles. The van der Waals surface area contributed by atoms with Crippen LogP contribution in [-0.4, -0.2) is 13.8 Å². The molecule has 0 bridgehead atoms. The number of hydrogen-bond donors (Lipinski definition) is 1. The van der Waals surface area contributed by atoms with Crippen LogP contribution in [0.4, 0.5) is 0 Å². The fraction of sp³-hybridized carbons (Fsp3) is 0.765. The molecule has 0 aromatic carbocycles. The molecule has 0 fully saturated rings. The zero-order chi connectivity index (χ0) is 14.5. The normalized spacial score (nSPS) is 24.6. The van der Waals surface area contributed by atoms with Gasteiger partial charge in [-0.25, -0.2) is 0 Å². The molecule has 1 nitrogen and oxygen atoms in total. The van der Waals surface area contributed by atoms with Crippen molar-refractivity contribution in [2.45, 2.75) is 84.0 Å². The largest absolute Gasteiger partial charge is 0.332 e. The van der Waals surface area contributed by atoms with Crippen LogP contribution in [0, 0.1) is 0 Å². The zero-order valence-electron chi connectivity index (χ0n) is 15.2. The van der Waals surface area contributed by atoms with Gasteiger partial charge in [-0.15, -0.1) is 24.8 Å². The van der Waals surface area contributed by atoms with E-state index < -0.39 is 8.24 Å². The molecule has 1 N–H and O–H groups in total. The summed E-state index contributed by atoms with van der Waals surface area (Å²) in [5, 5.41) is 0.306. The summed E-state index contributed by atoms with van der Waals surface area (Å²) >= 11 is 0. The van der Waals surface area contributed by atoms with E-state index in [1.54, 1.807) is 16.7 Å². The summed E-state index contributed by atoms with van der Waals surface area (Å²) in [6.07, 6.45) is 7.99. The van der Waals surface area contributed by atoms with Crippen LogP contribution in [0.3, 0.4) is 0 Å². The standard InChI is InChI=1S/C17H31NSi.2ClH.Ti/c1-13-12-17(5,15-11-9-8-10-14(13)15)19(6,7)18-16(2,3)4;;;/h12,18H,8-11H2,1-7H3;2*1H;. The molecule has 22 heavy (non-hydrogen) atoms. The molecule has 0 saturated carbocycles. The minimum Gasteiger partial charge on any atom is -0.332 e. The molecule has 1 unspecified atom stereocenters. The topological polar surface area (TPSA) is 12.0 Å². The van der Waals surface area contributed by atoms with Crippen LogP contribution < -0.4 is 4.98 Å². The third-order valence-corrected chi connectivity index (χ3v) is 9.48. The van der Waals surface area contributed by atoms with Crippen LogP contribution in [0.15, 0.2) is 22.8 Å². The van der Waals surface area contributed by atoms with E-state index in [1.807, 2.05) is 0 Å². The Kier molecular flexibility index (Phi) is 9.57. The van der Waals surface area contributed by atoms with E-state index in [2.05, 4.69) is 58.8 Å². The molecule has 0 aromatic rings.